The predicted octanol–water partition coefficient (Wildman–Crippen LogP) is 3.20. The number of nitrogens with zero attached hydrogens (tertiary/aromatic N) is 2. The minimum absolute atomic E-state index is 0.0302. The Hall–Kier alpha value is -1.88. The van der Waals surface area contributed by atoms with E-state index in [-0.39, 0.29) is 11.8 Å². The van der Waals surface area contributed by atoms with Gasteiger partial charge in [-0.15, -0.1) is 0 Å². The van der Waals surface area contributed by atoms with Crippen molar-refractivity contribution in [1.29, 1.82) is 0 Å². The lowest BCUT2D eigenvalue weighted by molar-refractivity contribution is -0.119. The maximum absolute atomic E-state index is 12.3. The molecular weight excluding hydrogens is 326 g/mol. The highest BCUT2D eigenvalue weighted by atomic mass is 16.2. The molecule has 2 aliphatic heterocycles. The predicted molar refractivity (Wildman–Crippen MR) is 105 cm³/mol. The van der Waals surface area contributed by atoms with Crippen LogP contribution < -0.4 is 10.2 Å². The Bertz CT molecular complexity index is 592. The summed E-state index contributed by atoms with van der Waals surface area (Å²) in [6, 6.07) is 7.41. The van der Waals surface area contributed by atoms with Crippen molar-refractivity contribution >= 4 is 17.5 Å². The number of carbonyl (C=O) groups excluding carboxylic acids is 2. The molecule has 0 saturated carbocycles. The van der Waals surface area contributed by atoms with E-state index in [4.69, 9.17) is 0 Å². The lowest BCUT2D eigenvalue weighted by Crippen LogP contribution is -2.35. The molecule has 2 amide bonds. The maximum atomic E-state index is 12.3. The summed E-state index contributed by atoms with van der Waals surface area (Å²) in [5, 5.41) is 3.02. The zero-order chi connectivity index (χ0) is 18.2. The van der Waals surface area contributed by atoms with Crippen molar-refractivity contribution in [2.75, 3.05) is 37.6 Å². The van der Waals surface area contributed by atoms with Gasteiger partial charge in [0.2, 0.25) is 5.91 Å². The molecule has 26 heavy (non-hydrogen) atoms. The van der Waals surface area contributed by atoms with Gasteiger partial charge in [-0.05, 0) is 76.0 Å². The van der Waals surface area contributed by atoms with Gasteiger partial charge in [-0.3, -0.25) is 9.59 Å². The van der Waals surface area contributed by atoms with Crippen LogP contribution in [-0.4, -0.2) is 49.4 Å². The van der Waals surface area contributed by atoms with Crippen LogP contribution >= 0.6 is 0 Å². The summed E-state index contributed by atoms with van der Waals surface area (Å²) in [5.74, 6) is 0.152. The molecule has 0 radical (unpaired) electrons. The Kier molecular flexibility index (Phi) is 7.06. The molecule has 1 aromatic rings. The Balaban J connectivity index is 1.42. The molecule has 142 valence electrons. The van der Waals surface area contributed by atoms with Crippen molar-refractivity contribution in [3.05, 3.63) is 29.8 Å². The van der Waals surface area contributed by atoms with Crippen LogP contribution in [0.15, 0.2) is 24.3 Å². The number of piperidine rings is 1. The molecule has 3 rings (SSSR count). The van der Waals surface area contributed by atoms with E-state index >= 15 is 0 Å². The number of hydrogen-bond acceptors (Lipinski definition) is 3. The largest absolute Gasteiger partial charge is 0.352 e. The summed E-state index contributed by atoms with van der Waals surface area (Å²) >= 11 is 0. The first-order valence-electron chi connectivity index (χ1n) is 10.1. The molecule has 0 atom stereocenters. The van der Waals surface area contributed by atoms with Crippen LogP contribution in [-0.2, 0) is 4.79 Å². The lowest BCUT2D eigenvalue weighted by Gasteiger charge is -2.26. The van der Waals surface area contributed by atoms with Crippen molar-refractivity contribution in [3.63, 3.8) is 0 Å². The fraction of sp³-hybridized carbons (Fsp3) is 0.619. The third-order valence-corrected chi connectivity index (χ3v) is 5.40. The van der Waals surface area contributed by atoms with Gasteiger partial charge in [-0.2, -0.15) is 0 Å². The van der Waals surface area contributed by atoms with E-state index in [1.54, 1.807) is 0 Å². The van der Waals surface area contributed by atoms with E-state index in [0.717, 1.165) is 38.0 Å². The Labute approximate surface area is 156 Å². The zero-order valence-electron chi connectivity index (χ0n) is 15.7. The molecule has 5 heteroatoms. The minimum Gasteiger partial charge on any atom is -0.352 e. The molecule has 2 aliphatic rings. The number of nitrogens with one attached hydrogen (secondary N) is 1. The number of benzene rings is 1. The maximum Gasteiger partial charge on any atom is 0.251 e. The second-order valence-electron chi connectivity index (χ2n) is 7.41. The van der Waals surface area contributed by atoms with Crippen LogP contribution in [0.4, 0.5) is 5.69 Å². The molecule has 5 nitrogen and oxygen atoms in total. The molecule has 0 spiro atoms. The molecule has 0 bridgehead atoms. The average Bonchev–Trinajstić information content (AvgIpc) is 2.94. The second-order valence-corrected chi connectivity index (χ2v) is 7.41. The van der Waals surface area contributed by atoms with Gasteiger partial charge in [0, 0.05) is 30.8 Å². The summed E-state index contributed by atoms with van der Waals surface area (Å²) in [4.78, 5) is 28.6. The van der Waals surface area contributed by atoms with Crippen LogP contribution in [0.1, 0.15) is 61.7 Å². The summed E-state index contributed by atoms with van der Waals surface area (Å²) in [7, 11) is 0. The van der Waals surface area contributed by atoms with Gasteiger partial charge in [0.1, 0.15) is 0 Å². The number of amides is 2. The summed E-state index contributed by atoms with van der Waals surface area (Å²) in [5.41, 5.74) is 1.56. The standard InChI is InChI=1S/C21H31N3O2/c25-20-8-3-6-17-24(20)19-11-9-18(10-12-19)21(26)22-13-7-16-23-14-4-1-2-5-15-23/h9-12H,1-8,13-17H2,(H,22,26). The van der Waals surface area contributed by atoms with E-state index in [0.29, 0.717) is 18.5 Å². The minimum atomic E-state index is -0.0302. The number of rotatable bonds is 6. The molecule has 0 unspecified atom stereocenters. The lowest BCUT2D eigenvalue weighted by atomic mass is 10.1. The molecule has 0 aromatic heterocycles. The van der Waals surface area contributed by atoms with Gasteiger partial charge >= 0.3 is 0 Å². The van der Waals surface area contributed by atoms with Crippen LogP contribution in [0.5, 0.6) is 0 Å². The fourth-order valence-corrected chi connectivity index (χ4v) is 3.84. The fourth-order valence-electron chi connectivity index (χ4n) is 3.84. The molecule has 1 N–H and O–H groups in total. The van der Waals surface area contributed by atoms with Crippen molar-refractivity contribution < 1.29 is 9.59 Å². The van der Waals surface area contributed by atoms with Gasteiger partial charge < -0.3 is 15.1 Å². The first-order chi connectivity index (χ1) is 12.7. The third-order valence-electron chi connectivity index (χ3n) is 5.40. The number of anilines is 1. The smallest absolute Gasteiger partial charge is 0.251 e. The Morgan fingerprint density at radius 2 is 1.62 bits per heavy atom. The number of hydrogen-bond donors (Lipinski definition) is 1. The van der Waals surface area contributed by atoms with Crippen molar-refractivity contribution in [2.24, 2.45) is 0 Å². The van der Waals surface area contributed by atoms with Crippen LogP contribution in [0.2, 0.25) is 0 Å². The summed E-state index contributed by atoms with van der Waals surface area (Å²) in [6.45, 7) is 4.95. The summed E-state index contributed by atoms with van der Waals surface area (Å²) < 4.78 is 0. The summed E-state index contributed by atoms with van der Waals surface area (Å²) in [6.07, 6.45) is 8.96. The number of carbonyl (C=O) groups is 2. The van der Waals surface area contributed by atoms with Crippen LogP contribution in [0.3, 0.4) is 0 Å². The molecule has 2 heterocycles. The number of likely N-dealkylation sites (tertiary alicyclic amines) is 1. The molecule has 0 aliphatic carbocycles. The average molecular weight is 357 g/mol. The SMILES string of the molecule is O=C(NCCCN1CCCCCC1)c1ccc(N2CCCCC2=O)cc1. The van der Waals surface area contributed by atoms with E-state index in [1.807, 2.05) is 29.2 Å². The highest BCUT2D eigenvalue weighted by molar-refractivity contribution is 5.96. The zero-order valence-corrected chi connectivity index (χ0v) is 15.7. The molecule has 1 aromatic carbocycles. The third kappa shape index (κ3) is 5.31. The van der Waals surface area contributed by atoms with E-state index in [2.05, 4.69) is 10.2 Å². The second kappa shape index (κ2) is 9.72. The highest BCUT2D eigenvalue weighted by Crippen LogP contribution is 2.21. The highest BCUT2D eigenvalue weighted by Gasteiger charge is 2.19. The van der Waals surface area contributed by atoms with Crippen molar-refractivity contribution in [1.82, 2.24) is 10.2 Å². The Morgan fingerprint density at radius 1 is 0.923 bits per heavy atom. The Morgan fingerprint density at radius 3 is 2.31 bits per heavy atom. The van der Waals surface area contributed by atoms with E-state index < -0.39 is 0 Å². The normalized spacial score (nSPS) is 19.2. The van der Waals surface area contributed by atoms with Gasteiger partial charge in [0.25, 0.3) is 5.91 Å². The molecule has 2 fully saturated rings. The first kappa shape index (κ1) is 18.9. The van der Waals surface area contributed by atoms with E-state index in [1.165, 1.54) is 38.8 Å². The molecular formula is C21H31N3O2. The van der Waals surface area contributed by atoms with Crippen molar-refractivity contribution in [3.8, 4) is 0 Å². The topological polar surface area (TPSA) is 52.7 Å². The quantitative estimate of drug-likeness (QED) is 0.796. The van der Waals surface area contributed by atoms with Gasteiger partial charge in [-0.1, -0.05) is 12.8 Å². The van der Waals surface area contributed by atoms with Gasteiger partial charge in [0.05, 0.1) is 0 Å². The van der Waals surface area contributed by atoms with Crippen molar-refractivity contribution in [2.45, 2.75) is 51.4 Å². The van der Waals surface area contributed by atoms with Gasteiger partial charge in [-0.25, -0.2) is 0 Å². The van der Waals surface area contributed by atoms with Gasteiger partial charge in [0.15, 0.2) is 0 Å². The van der Waals surface area contributed by atoms with E-state index in [9.17, 15) is 9.59 Å². The van der Waals surface area contributed by atoms with Crippen LogP contribution in [0, 0.1) is 0 Å². The monoisotopic (exact) mass is 357 g/mol. The molecule has 2 saturated heterocycles. The van der Waals surface area contributed by atoms with Crippen LogP contribution in [0.25, 0.3) is 0 Å². The first-order valence-corrected chi connectivity index (χ1v) is 10.1.